The molecule has 0 aliphatic rings. The number of aryl methyl sites for hydroxylation is 2. The van der Waals surface area contributed by atoms with E-state index in [-0.39, 0.29) is 5.95 Å². The standard InChI is InChI=1S/C11H11N5/c1-6-5-13-7-3-4-8-10(9(7)14-6)15-11(12)16(8)2/h3-5H,1-2H3,(H2,12,15)/i/hD2. The zero-order chi connectivity index (χ0) is 12.9. The van der Waals surface area contributed by atoms with E-state index in [1.54, 1.807) is 17.8 Å². The third-order valence-electron chi connectivity index (χ3n) is 2.66. The normalized spacial score (nSPS) is 12.9. The first-order chi connectivity index (χ1) is 8.58. The van der Waals surface area contributed by atoms with Gasteiger partial charge in [-0.2, -0.15) is 0 Å². The van der Waals surface area contributed by atoms with E-state index in [9.17, 15) is 0 Å². The van der Waals surface area contributed by atoms with Gasteiger partial charge in [-0.1, -0.05) is 0 Å². The van der Waals surface area contributed by atoms with E-state index in [4.69, 9.17) is 2.82 Å². The number of hydrogen-bond donors (Lipinski definition) is 1. The first-order valence-electron chi connectivity index (χ1n) is 5.84. The van der Waals surface area contributed by atoms with Gasteiger partial charge in [-0.25, -0.2) is 9.97 Å². The molecule has 0 bridgehead atoms. The fourth-order valence-electron chi connectivity index (χ4n) is 1.80. The lowest BCUT2D eigenvalue weighted by Gasteiger charge is -1.99. The van der Waals surface area contributed by atoms with Crippen LogP contribution in [0.25, 0.3) is 22.1 Å². The Balaban J connectivity index is 2.47. The number of nitrogens with two attached hydrogens (primary N) is 1. The van der Waals surface area contributed by atoms with Crippen LogP contribution in [0.3, 0.4) is 0 Å². The molecule has 0 unspecified atom stereocenters. The van der Waals surface area contributed by atoms with Crippen LogP contribution < -0.4 is 5.72 Å². The Labute approximate surface area is 94.9 Å². The second-order valence-corrected chi connectivity index (χ2v) is 3.78. The Morgan fingerprint density at radius 3 is 3.00 bits per heavy atom. The number of aromatic nitrogens is 4. The molecule has 0 atom stereocenters. The third kappa shape index (κ3) is 1.08. The van der Waals surface area contributed by atoms with Crippen molar-refractivity contribution < 1.29 is 2.82 Å². The molecule has 0 aliphatic carbocycles. The molecule has 2 N–H and O–H groups in total. The number of fused-ring (bicyclic) bond motifs is 3. The Kier molecular flexibility index (Phi) is 1.30. The lowest BCUT2D eigenvalue weighted by molar-refractivity contribution is 0.965. The molecule has 16 heavy (non-hydrogen) atoms. The average Bonchev–Trinajstić information content (AvgIpc) is 2.67. The summed E-state index contributed by atoms with van der Waals surface area (Å²) in [5.74, 6) is 0.251. The number of anilines is 1. The van der Waals surface area contributed by atoms with Crippen LogP contribution >= 0.6 is 0 Å². The highest BCUT2D eigenvalue weighted by Crippen LogP contribution is 2.23. The van der Waals surface area contributed by atoms with Crippen molar-refractivity contribution in [1.29, 1.82) is 0 Å². The van der Waals surface area contributed by atoms with E-state index in [1.165, 1.54) is 0 Å². The molecule has 0 saturated carbocycles. The zero-order valence-electron chi connectivity index (χ0n) is 11.0. The van der Waals surface area contributed by atoms with Crippen LogP contribution in [-0.4, -0.2) is 19.5 Å². The van der Waals surface area contributed by atoms with Gasteiger partial charge >= 0.3 is 0 Å². The van der Waals surface area contributed by atoms with Gasteiger partial charge in [0, 0.05) is 13.2 Å². The predicted molar refractivity (Wildman–Crippen MR) is 63.0 cm³/mol. The topological polar surface area (TPSA) is 69.6 Å². The van der Waals surface area contributed by atoms with E-state index in [1.807, 2.05) is 19.1 Å². The second kappa shape index (κ2) is 2.91. The Morgan fingerprint density at radius 2 is 2.19 bits per heavy atom. The van der Waals surface area contributed by atoms with Gasteiger partial charge < -0.3 is 10.3 Å². The molecule has 0 fully saturated rings. The molecule has 80 valence electrons. The molecule has 3 rings (SSSR count). The maximum absolute atomic E-state index is 7.32. The maximum atomic E-state index is 7.32. The highest BCUT2D eigenvalue weighted by molar-refractivity contribution is 6.00. The molecular formula is C11H11N5. The lowest BCUT2D eigenvalue weighted by Crippen LogP contribution is -1.95. The van der Waals surface area contributed by atoms with Crippen molar-refractivity contribution in [3.8, 4) is 0 Å². The van der Waals surface area contributed by atoms with Crippen molar-refractivity contribution in [2.45, 2.75) is 6.92 Å². The fourth-order valence-corrected chi connectivity index (χ4v) is 1.80. The largest absolute Gasteiger partial charge is 0.369 e. The number of benzene rings is 1. The van der Waals surface area contributed by atoms with Gasteiger partial charge in [-0.15, -0.1) is 0 Å². The third-order valence-corrected chi connectivity index (χ3v) is 2.66. The van der Waals surface area contributed by atoms with Crippen LogP contribution in [0.5, 0.6) is 0 Å². The highest BCUT2D eigenvalue weighted by Gasteiger charge is 2.09. The minimum absolute atomic E-state index is 0.251. The number of hydrogen-bond acceptors (Lipinski definition) is 4. The number of nitrogens with zero attached hydrogens (tertiary/aromatic N) is 4. The van der Waals surface area contributed by atoms with Crippen molar-refractivity contribution in [3.05, 3.63) is 24.0 Å². The van der Waals surface area contributed by atoms with Gasteiger partial charge in [0.15, 0.2) is 2.82 Å². The van der Waals surface area contributed by atoms with Gasteiger partial charge in [0.1, 0.15) is 11.0 Å². The van der Waals surface area contributed by atoms with Crippen LogP contribution in [0.15, 0.2) is 18.3 Å². The van der Waals surface area contributed by atoms with Crippen molar-refractivity contribution in [2.24, 2.45) is 7.05 Å². The summed E-state index contributed by atoms with van der Waals surface area (Å²) in [6.07, 6.45) is 1.71. The van der Waals surface area contributed by atoms with E-state index < -0.39 is 0 Å². The van der Waals surface area contributed by atoms with Crippen LogP contribution in [0.2, 0.25) is 2.82 Å². The SMILES string of the molecule is [2H]N([2H])c1nc2c3nc(C)cnc3ccc2n1C. The number of rotatable bonds is 1. The van der Waals surface area contributed by atoms with Gasteiger partial charge in [-0.05, 0) is 19.1 Å². The Bertz CT molecular complexity index is 750. The first kappa shape index (κ1) is 7.16. The summed E-state index contributed by atoms with van der Waals surface area (Å²) < 4.78 is 16.3. The van der Waals surface area contributed by atoms with E-state index in [0.717, 1.165) is 16.7 Å². The van der Waals surface area contributed by atoms with E-state index in [2.05, 4.69) is 15.0 Å². The molecule has 0 aliphatic heterocycles. The van der Waals surface area contributed by atoms with Crippen LogP contribution in [-0.2, 0) is 7.05 Å². The van der Waals surface area contributed by atoms with Crippen molar-refractivity contribution in [3.63, 3.8) is 0 Å². The second-order valence-electron chi connectivity index (χ2n) is 3.78. The summed E-state index contributed by atoms with van der Waals surface area (Å²) in [7, 11) is 1.77. The Morgan fingerprint density at radius 1 is 1.31 bits per heavy atom. The van der Waals surface area contributed by atoms with Crippen LogP contribution in [0, 0.1) is 6.92 Å². The highest BCUT2D eigenvalue weighted by atomic mass is 15.1. The van der Waals surface area contributed by atoms with Crippen LogP contribution in [0.4, 0.5) is 5.95 Å². The molecule has 0 radical (unpaired) electrons. The minimum Gasteiger partial charge on any atom is -0.369 e. The molecule has 2 heterocycles. The Hall–Kier alpha value is -2.17. The van der Waals surface area contributed by atoms with Crippen molar-refractivity contribution in [1.82, 2.24) is 19.5 Å². The molecule has 3 aromatic rings. The van der Waals surface area contributed by atoms with Gasteiger partial charge in [-0.3, -0.25) is 4.98 Å². The summed E-state index contributed by atoms with van der Waals surface area (Å²) in [6.45, 7) is 1.87. The van der Waals surface area contributed by atoms with Gasteiger partial charge in [0.2, 0.25) is 5.95 Å². The minimum atomic E-state index is 0.251. The summed E-state index contributed by atoms with van der Waals surface area (Å²) in [6, 6.07) is 3.75. The van der Waals surface area contributed by atoms with E-state index in [0.29, 0.717) is 16.8 Å². The van der Waals surface area contributed by atoms with Crippen molar-refractivity contribution >= 4 is 28.0 Å². The molecule has 0 saturated heterocycles. The summed E-state index contributed by atoms with van der Waals surface area (Å²) in [5.41, 5.74) is 4.29. The number of nitrogen functional groups attached to an aromatic ring is 1. The molecule has 2 aromatic heterocycles. The maximum Gasteiger partial charge on any atom is 0.201 e. The summed E-state index contributed by atoms with van der Waals surface area (Å²) in [5, 5.41) is 0. The van der Waals surface area contributed by atoms with Gasteiger partial charge in [0.25, 0.3) is 0 Å². The van der Waals surface area contributed by atoms with Crippen molar-refractivity contribution in [2.75, 3.05) is 5.72 Å². The first-order valence-corrected chi connectivity index (χ1v) is 4.94. The average molecular weight is 215 g/mol. The fraction of sp³-hybridized carbons (Fsp3) is 0.182. The zero-order valence-corrected chi connectivity index (χ0v) is 8.97. The summed E-state index contributed by atoms with van der Waals surface area (Å²) >= 11 is 0. The van der Waals surface area contributed by atoms with E-state index >= 15 is 0 Å². The van der Waals surface area contributed by atoms with Gasteiger partial charge in [0.05, 0.1) is 16.7 Å². The molecular weight excluding hydrogens is 202 g/mol. The molecule has 0 spiro atoms. The summed E-state index contributed by atoms with van der Waals surface area (Å²) in [4.78, 5) is 13.0. The lowest BCUT2D eigenvalue weighted by atomic mass is 10.2. The predicted octanol–water partition coefficient (Wildman–Crippen LogP) is 1.41. The molecule has 0 amide bonds. The monoisotopic (exact) mass is 215 g/mol. The molecule has 5 heteroatoms. The molecule has 1 aromatic carbocycles. The number of imidazole rings is 1. The quantitative estimate of drug-likeness (QED) is 0.666. The van der Waals surface area contributed by atoms with Crippen LogP contribution in [0.1, 0.15) is 5.69 Å². The smallest absolute Gasteiger partial charge is 0.201 e. The molecule has 5 nitrogen and oxygen atoms in total.